The Morgan fingerprint density at radius 2 is 2.14 bits per heavy atom. The minimum Gasteiger partial charge on any atom is -0.497 e. The smallest absolute Gasteiger partial charge is 0.191 e. The minimum atomic E-state index is 0. The van der Waals surface area contributed by atoms with Gasteiger partial charge < -0.3 is 15.4 Å². The summed E-state index contributed by atoms with van der Waals surface area (Å²) in [5, 5.41) is 6.60. The highest BCUT2D eigenvalue weighted by molar-refractivity contribution is 14.0. The average Bonchev–Trinajstić information content (AvgIpc) is 2.52. The SMILES string of the molecule is CCNC(=NCCCc1cccc(OC)c1)NCCSC.I. The molecule has 0 aliphatic carbocycles. The molecule has 126 valence electrons. The molecule has 0 aliphatic heterocycles. The van der Waals surface area contributed by atoms with Gasteiger partial charge in [-0.2, -0.15) is 11.8 Å². The van der Waals surface area contributed by atoms with Crippen molar-refractivity contribution in [2.45, 2.75) is 19.8 Å². The topological polar surface area (TPSA) is 45.7 Å². The third-order valence-electron chi connectivity index (χ3n) is 2.97. The van der Waals surface area contributed by atoms with Crippen LogP contribution in [0, 0.1) is 0 Å². The van der Waals surface area contributed by atoms with Crippen LogP contribution in [0.5, 0.6) is 5.75 Å². The van der Waals surface area contributed by atoms with E-state index in [9.17, 15) is 0 Å². The first kappa shape index (κ1) is 21.4. The molecule has 0 atom stereocenters. The fourth-order valence-corrected chi connectivity index (χ4v) is 2.22. The normalized spacial score (nSPS) is 10.8. The lowest BCUT2D eigenvalue weighted by atomic mass is 10.1. The number of rotatable bonds is 9. The predicted octanol–water partition coefficient (Wildman–Crippen LogP) is 3.16. The minimum absolute atomic E-state index is 0. The number of aryl methyl sites for hydroxylation is 1. The zero-order valence-electron chi connectivity index (χ0n) is 13.7. The standard InChI is InChI=1S/C16H27N3OS.HI/c1-4-17-16(19-11-12-21-3)18-10-6-8-14-7-5-9-15(13-14)20-2;/h5,7,9,13H,4,6,8,10-12H2,1-3H3,(H2,17,18,19);1H. The zero-order chi connectivity index (χ0) is 15.3. The lowest BCUT2D eigenvalue weighted by Gasteiger charge is -2.10. The molecule has 1 aromatic rings. The number of thioether (sulfide) groups is 1. The molecule has 0 fully saturated rings. The third kappa shape index (κ3) is 9.40. The summed E-state index contributed by atoms with van der Waals surface area (Å²) in [5.41, 5.74) is 1.30. The van der Waals surface area contributed by atoms with Crippen LogP contribution in [0.4, 0.5) is 0 Å². The molecule has 0 bridgehead atoms. The molecule has 0 saturated carbocycles. The van der Waals surface area contributed by atoms with Crippen molar-refractivity contribution in [2.75, 3.05) is 38.8 Å². The third-order valence-corrected chi connectivity index (χ3v) is 3.58. The molecule has 0 heterocycles. The summed E-state index contributed by atoms with van der Waals surface area (Å²) in [4.78, 5) is 4.60. The monoisotopic (exact) mass is 437 g/mol. The number of nitrogens with one attached hydrogen (secondary N) is 2. The molecule has 6 heteroatoms. The maximum absolute atomic E-state index is 5.24. The van der Waals surface area contributed by atoms with E-state index in [0.717, 1.165) is 49.9 Å². The predicted molar refractivity (Wildman–Crippen MR) is 109 cm³/mol. The number of methoxy groups -OCH3 is 1. The van der Waals surface area contributed by atoms with Gasteiger partial charge in [0.05, 0.1) is 7.11 Å². The van der Waals surface area contributed by atoms with E-state index in [1.165, 1.54) is 5.56 Å². The second-order valence-electron chi connectivity index (χ2n) is 4.64. The van der Waals surface area contributed by atoms with Crippen LogP contribution in [0.2, 0.25) is 0 Å². The number of benzene rings is 1. The molecule has 4 nitrogen and oxygen atoms in total. The highest BCUT2D eigenvalue weighted by Crippen LogP contribution is 2.13. The Morgan fingerprint density at radius 1 is 1.32 bits per heavy atom. The molecule has 0 radical (unpaired) electrons. The average molecular weight is 437 g/mol. The van der Waals surface area contributed by atoms with Gasteiger partial charge in [0.2, 0.25) is 0 Å². The first-order valence-corrected chi connectivity index (χ1v) is 8.83. The Morgan fingerprint density at radius 3 is 2.82 bits per heavy atom. The highest BCUT2D eigenvalue weighted by atomic mass is 127. The van der Waals surface area contributed by atoms with Crippen LogP contribution in [-0.4, -0.2) is 44.7 Å². The van der Waals surface area contributed by atoms with Gasteiger partial charge in [-0.3, -0.25) is 4.99 Å². The van der Waals surface area contributed by atoms with Gasteiger partial charge in [0, 0.05) is 25.4 Å². The molecule has 0 unspecified atom stereocenters. The van der Waals surface area contributed by atoms with Gasteiger partial charge in [-0.05, 0) is 43.7 Å². The highest BCUT2D eigenvalue weighted by Gasteiger charge is 1.98. The van der Waals surface area contributed by atoms with E-state index in [4.69, 9.17) is 4.74 Å². The van der Waals surface area contributed by atoms with Crippen molar-refractivity contribution in [2.24, 2.45) is 4.99 Å². The number of nitrogens with zero attached hydrogens (tertiary/aromatic N) is 1. The molecule has 2 N–H and O–H groups in total. The maximum atomic E-state index is 5.24. The fourth-order valence-electron chi connectivity index (χ4n) is 1.92. The van der Waals surface area contributed by atoms with Gasteiger partial charge in [-0.25, -0.2) is 0 Å². The Balaban J connectivity index is 0.00000441. The first-order chi connectivity index (χ1) is 10.3. The van der Waals surface area contributed by atoms with Crippen LogP contribution >= 0.6 is 35.7 Å². The largest absolute Gasteiger partial charge is 0.497 e. The molecular formula is C16H28IN3OS. The van der Waals surface area contributed by atoms with Crippen molar-refractivity contribution in [3.05, 3.63) is 29.8 Å². The van der Waals surface area contributed by atoms with Gasteiger partial charge in [0.15, 0.2) is 5.96 Å². The summed E-state index contributed by atoms with van der Waals surface area (Å²) in [5.74, 6) is 2.93. The number of guanidine groups is 1. The molecular weight excluding hydrogens is 409 g/mol. The van der Waals surface area contributed by atoms with Gasteiger partial charge in [0.25, 0.3) is 0 Å². The van der Waals surface area contributed by atoms with Crippen molar-refractivity contribution >= 4 is 41.7 Å². The van der Waals surface area contributed by atoms with E-state index >= 15 is 0 Å². The number of ether oxygens (including phenoxy) is 1. The van der Waals surface area contributed by atoms with E-state index in [1.54, 1.807) is 7.11 Å². The lowest BCUT2D eigenvalue weighted by molar-refractivity contribution is 0.414. The van der Waals surface area contributed by atoms with E-state index in [1.807, 2.05) is 23.9 Å². The van der Waals surface area contributed by atoms with Crippen molar-refractivity contribution in [3.8, 4) is 5.75 Å². The van der Waals surface area contributed by atoms with Crippen LogP contribution in [-0.2, 0) is 6.42 Å². The van der Waals surface area contributed by atoms with Crippen LogP contribution < -0.4 is 15.4 Å². The Labute approximate surface area is 155 Å². The molecule has 1 rings (SSSR count). The summed E-state index contributed by atoms with van der Waals surface area (Å²) in [6.07, 6.45) is 4.16. The lowest BCUT2D eigenvalue weighted by Crippen LogP contribution is -2.38. The van der Waals surface area contributed by atoms with Crippen LogP contribution in [0.1, 0.15) is 18.9 Å². The Hall–Kier alpha value is -0.630. The Kier molecular flexibility index (Phi) is 13.6. The van der Waals surface area contributed by atoms with E-state index in [-0.39, 0.29) is 24.0 Å². The molecule has 0 spiro atoms. The molecule has 1 aromatic carbocycles. The Bertz CT molecular complexity index is 430. The molecule has 0 amide bonds. The van der Waals surface area contributed by atoms with Gasteiger partial charge in [-0.1, -0.05) is 12.1 Å². The van der Waals surface area contributed by atoms with Gasteiger partial charge >= 0.3 is 0 Å². The van der Waals surface area contributed by atoms with E-state index < -0.39 is 0 Å². The van der Waals surface area contributed by atoms with Gasteiger partial charge in [0.1, 0.15) is 5.75 Å². The van der Waals surface area contributed by atoms with E-state index in [2.05, 4.69) is 40.9 Å². The maximum Gasteiger partial charge on any atom is 0.191 e. The summed E-state index contributed by atoms with van der Waals surface area (Å²) >= 11 is 1.83. The number of aliphatic imine (C=N–C) groups is 1. The summed E-state index contributed by atoms with van der Waals surface area (Å²) < 4.78 is 5.24. The molecule has 0 aliphatic rings. The summed E-state index contributed by atoms with van der Waals surface area (Å²) in [7, 11) is 1.70. The van der Waals surface area contributed by atoms with Crippen LogP contribution in [0.25, 0.3) is 0 Å². The second kappa shape index (κ2) is 14.0. The van der Waals surface area contributed by atoms with Gasteiger partial charge in [-0.15, -0.1) is 24.0 Å². The molecule has 0 saturated heterocycles. The van der Waals surface area contributed by atoms with Crippen LogP contribution in [0.3, 0.4) is 0 Å². The zero-order valence-corrected chi connectivity index (χ0v) is 16.9. The number of hydrogen-bond donors (Lipinski definition) is 2. The second-order valence-corrected chi connectivity index (χ2v) is 5.62. The number of hydrogen-bond acceptors (Lipinski definition) is 3. The first-order valence-electron chi connectivity index (χ1n) is 7.44. The van der Waals surface area contributed by atoms with Crippen molar-refractivity contribution in [3.63, 3.8) is 0 Å². The van der Waals surface area contributed by atoms with E-state index in [0.29, 0.717) is 0 Å². The van der Waals surface area contributed by atoms with Crippen LogP contribution in [0.15, 0.2) is 29.3 Å². The molecule has 22 heavy (non-hydrogen) atoms. The molecule has 0 aromatic heterocycles. The number of halogens is 1. The van der Waals surface area contributed by atoms with Crippen molar-refractivity contribution in [1.82, 2.24) is 10.6 Å². The van der Waals surface area contributed by atoms with Crippen molar-refractivity contribution < 1.29 is 4.74 Å². The fraction of sp³-hybridized carbons (Fsp3) is 0.562. The quantitative estimate of drug-likeness (QED) is 0.270. The summed E-state index contributed by atoms with van der Waals surface area (Å²) in [6, 6.07) is 8.23. The van der Waals surface area contributed by atoms with Crippen molar-refractivity contribution in [1.29, 1.82) is 0 Å². The summed E-state index contributed by atoms with van der Waals surface area (Å²) in [6.45, 7) is 4.75.